The molecule has 1 aromatic rings. The second-order valence-electron chi connectivity index (χ2n) is 5.24. The Balaban J connectivity index is 1.73. The average molecular weight is 246 g/mol. The fourth-order valence-corrected chi connectivity index (χ4v) is 2.24. The zero-order chi connectivity index (χ0) is 13.0. The van der Waals surface area contributed by atoms with E-state index in [1.54, 1.807) is 0 Å². The molecule has 1 fully saturated rings. The highest BCUT2D eigenvalue weighted by atomic mass is 16.1. The molecule has 0 aliphatic carbocycles. The number of hydrogen-bond donors (Lipinski definition) is 2. The highest BCUT2D eigenvalue weighted by Gasteiger charge is 2.28. The minimum atomic E-state index is 0.128. The van der Waals surface area contributed by atoms with E-state index in [2.05, 4.69) is 41.8 Å². The average Bonchev–Trinajstić information content (AvgIpc) is 2.26. The number of hydrogen-bond acceptors (Lipinski definition) is 2. The molecule has 2 rings (SSSR count). The van der Waals surface area contributed by atoms with Crippen molar-refractivity contribution in [3.05, 3.63) is 35.4 Å². The summed E-state index contributed by atoms with van der Waals surface area (Å²) in [6.45, 7) is 6.80. The molecule has 0 saturated carbocycles. The van der Waals surface area contributed by atoms with E-state index in [-0.39, 0.29) is 11.8 Å². The highest BCUT2D eigenvalue weighted by molar-refractivity contribution is 5.78. The Hall–Kier alpha value is -1.35. The van der Waals surface area contributed by atoms with Crippen LogP contribution in [0.4, 0.5) is 0 Å². The summed E-state index contributed by atoms with van der Waals surface area (Å²) < 4.78 is 0. The fraction of sp³-hybridized carbons (Fsp3) is 0.533. The second kappa shape index (κ2) is 6.01. The van der Waals surface area contributed by atoms with E-state index in [0.717, 1.165) is 26.1 Å². The van der Waals surface area contributed by atoms with Crippen LogP contribution < -0.4 is 10.6 Å². The third-order valence-electron chi connectivity index (χ3n) is 3.73. The molecule has 3 nitrogen and oxygen atoms in total. The lowest BCUT2D eigenvalue weighted by molar-refractivity contribution is -0.126. The van der Waals surface area contributed by atoms with Gasteiger partial charge in [-0.25, -0.2) is 0 Å². The Morgan fingerprint density at radius 2 is 2.28 bits per heavy atom. The largest absolute Gasteiger partial charge is 0.356 e. The first-order chi connectivity index (χ1) is 8.66. The van der Waals surface area contributed by atoms with Crippen molar-refractivity contribution in [2.24, 2.45) is 11.8 Å². The van der Waals surface area contributed by atoms with Gasteiger partial charge in [-0.2, -0.15) is 0 Å². The zero-order valence-electron chi connectivity index (χ0n) is 11.2. The van der Waals surface area contributed by atoms with Crippen LogP contribution in [0, 0.1) is 18.8 Å². The van der Waals surface area contributed by atoms with Crippen LogP contribution in [-0.4, -0.2) is 25.5 Å². The van der Waals surface area contributed by atoms with Crippen molar-refractivity contribution < 1.29 is 4.79 Å². The SMILES string of the molecule is Cc1cccc(CCNC(=O)C(C)C2CNC2)c1. The molecule has 0 aromatic heterocycles. The standard InChI is InChI=1S/C15H22N2O/c1-11-4-3-5-13(8-11)6-7-17-15(18)12(2)14-9-16-10-14/h3-5,8,12,14,16H,6-7,9-10H2,1-2H3,(H,17,18). The molecule has 1 saturated heterocycles. The number of amides is 1. The van der Waals surface area contributed by atoms with E-state index in [0.29, 0.717) is 5.92 Å². The predicted molar refractivity (Wildman–Crippen MR) is 73.4 cm³/mol. The number of aryl methyl sites for hydroxylation is 1. The summed E-state index contributed by atoms with van der Waals surface area (Å²) in [5, 5.41) is 6.24. The summed E-state index contributed by atoms with van der Waals surface area (Å²) in [5.41, 5.74) is 2.56. The molecule has 3 heteroatoms. The highest BCUT2D eigenvalue weighted by Crippen LogP contribution is 2.15. The van der Waals surface area contributed by atoms with Gasteiger partial charge < -0.3 is 10.6 Å². The normalized spacial score (nSPS) is 17.0. The smallest absolute Gasteiger partial charge is 0.223 e. The summed E-state index contributed by atoms with van der Waals surface area (Å²) in [5.74, 6) is 0.835. The maximum Gasteiger partial charge on any atom is 0.223 e. The van der Waals surface area contributed by atoms with Crippen molar-refractivity contribution >= 4 is 5.91 Å². The monoisotopic (exact) mass is 246 g/mol. The quantitative estimate of drug-likeness (QED) is 0.827. The van der Waals surface area contributed by atoms with E-state index in [4.69, 9.17) is 0 Å². The van der Waals surface area contributed by atoms with Crippen LogP contribution in [0.5, 0.6) is 0 Å². The predicted octanol–water partition coefficient (Wildman–Crippen LogP) is 1.51. The lowest BCUT2D eigenvalue weighted by Crippen LogP contribution is -2.49. The first-order valence-corrected chi connectivity index (χ1v) is 6.71. The summed E-state index contributed by atoms with van der Waals surface area (Å²) in [7, 11) is 0. The fourth-order valence-electron chi connectivity index (χ4n) is 2.24. The molecule has 0 bridgehead atoms. The van der Waals surface area contributed by atoms with Crippen LogP contribution in [-0.2, 0) is 11.2 Å². The molecule has 1 unspecified atom stereocenters. The summed E-state index contributed by atoms with van der Waals surface area (Å²) in [6, 6.07) is 8.44. The van der Waals surface area contributed by atoms with E-state index in [1.807, 2.05) is 6.92 Å². The van der Waals surface area contributed by atoms with Crippen molar-refractivity contribution in [2.75, 3.05) is 19.6 Å². The van der Waals surface area contributed by atoms with Crippen molar-refractivity contribution in [1.82, 2.24) is 10.6 Å². The van der Waals surface area contributed by atoms with Gasteiger partial charge in [-0.1, -0.05) is 36.8 Å². The molecular formula is C15H22N2O. The number of benzene rings is 1. The maximum absolute atomic E-state index is 11.9. The molecular weight excluding hydrogens is 224 g/mol. The molecule has 1 amide bonds. The van der Waals surface area contributed by atoms with Crippen molar-refractivity contribution in [2.45, 2.75) is 20.3 Å². The molecule has 1 atom stereocenters. The molecule has 1 aliphatic rings. The minimum Gasteiger partial charge on any atom is -0.356 e. The number of rotatable bonds is 5. The first-order valence-electron chi connectivity index (χ1n) is 6.71. The molecule has 1 aromatic carbocycles. The van der Waals surface area contributed by atoms with Crippen molar-refractivity contribution in [1.29, 1.82) is 0 Å². The molecule has 18 heavy (non-hydrogen) atoms. The lowest BCUT2D eigenvalue weighted by atomic mass is 9.88. The second-order valence-corrected chi connectivity index (χ2v) is 5.24. The van der Waals surface area contributed by atoms with E-state index >= 15 is 0 Å². The number of carbonyl (C=O) groups excluding carboxylic acids is 1. The lowest BCUT2D eigenvalue weighted by Gasteiger charge is -2.31. The van der Waals surface area contributed by atoms with E-state index < -0.39 is 0 Å². The summed E-state index contributed by atoms with van der Waals surface area (Å²) in [6.07, 6.45) is 0.906. The Kier molecular flexibility index (Phi) is 4.37. The van der Waals surface area contributed by atoms with Gasteiger partial charge in [-0.3, -0.25) is 4.79 Å². The van der Waals surface area contributed by atoms with Gasteiger partial charge in [0.15, 0.2) is 0 Å². The third-order valence-corrected chi connectivity index (χ3v) is 3.73. The first kappa shape index (κ1) is 13.1. The zero-order valence-corrected chi connectivity index (χ0v) is 11.2. The van der Waals surface area contributed by atoms with Crippen LogP contribution in [0.1, 0.15) is 18.1 Å². The number of carbonyl (C=O) groups is 1. The van der Waals surface area contributed by atoms with E-state index in [9.17, 15) is 4.79 Å². The van der Waals surface area contributed by atoms with Gasteiger partial charge >= 0.3 is 0 Å². The molecule has 0 spiro atoms. The maximum atomic E-state index is 11.9. The van der Waals surface area contributed by atoms with Crippen LogP contribution in [0.15, 0.2) is 24.3 Å². The van der Waals surface area contributed by atoms with Gasteiger partial charge in [0, 0.05) is 12.5 Å². The number of nitrogens with one attached hydrogen (secondary N) is 2. The molecule has 1 aliphatic heterocycles. The minimum absolute atomic E-state index is 0.128. The van der Waals surface area contributed by atoms with Crippen LogP contribution in [0.25, 0.3) is 0 Å². The van der Waals surface area contributed by atoms with Crippen molar-refractivity contribution in [3.8, 4) is 0 Å². The Bertz CT molecular complexity index is 413. The van der Waals surface area contributed by atoms with E-state index in [1.165, 1.54) is 11.1 Å². The van der Waals surface area contributed by atoms with Crippen LogP contribution in [0.3, 0.4) is 0 Å². The topological polar surface area (TPSA) is 41.1 Å². The molecule has 2 N–H and O–H groups in total. The summed E-state index contributed by atoms with van der Waals surface area (Å²) in [4.78, 5) is 11.9. The van der Waals surface area contributed by atoms with Gasteiger partial charge in [0.25, 0.3) is 0 Å². The molecule has 0 radical (unpaired) electrons. The van der Waals surface area contributed by atoms with Crippen LogP contribution >= 0.6 is 0 Å². The molecule has 98 valence electrons. The Labute approximate surface area is 109 Å². The van der Waals surface area contributed by atoms with Gasteiger partial charge in [-0.15, -0.1) is 0 Å². The van der Waals surface area contributed by atoms with Crippen LogP contribution in [0.2, 0.25) is 0 Å². The van der Waals surface area contributed by atoms with Gasteiger partial charge in [0.2, 0.25) is 5.91 Å². The Morgan fingerprint density at radius 1 is 1.50 bits per heavy atom. The van der Waals surface area contributed by atoms with Gasteiger partial charge in [-0.05, 0) is 37.9 Å². The Morgan fingerprint density at radius 3 is 2.89 bits per heavy atom. The van der Waals surface area contributed by atoms with Gasteiger partial charge in [0.05, 0.1) is 0 Å². The van der Waals surface area contributed by atoms with Crippen molar-refractivity contribution in [3.63, 3.8) is 0 Å². The van der Waals surface area contributed by atoms with Gasteiger partial charge in [0.1, 0.15) is 0 Å². The third kappa shape index (κ3) is 3.33. The molecule has 1 heterocycles. The summed E-state index contributed by atoms with van der Waals surface area (Å²) >= 11 is 0.